The first-order chi connectivity index (χ1) is 7.17. The predicted molar refractivity (Wildman–Crippen MR) is 80.0 cm³/mol. The number of rotatable bonds is 8. The van der Waals surface area contributed by atoms with Gasteiger partial charge in [0.25, 0.3) is 0 Å². The molecule has 88 valence electrons. The first-order valence-corrected chi connectivity index (χ1v) is 9.51. The Bertz CT molecular complexity index is 192. The van der Waals surface area contributed by atoms with Crippen molar-refractivity contribution in [1.82, 2.24) is 0 Å². The fourth-order valence-corrected chi connectivity index (χ4v) is 5.01. The van der Waals surface area contributed by atoms with E-state index < -0.39 is 8.32 Å². The van der Waals surface area contributed by atoms with Gasteiger partial charge < -0.3 is 4.43 Å². The summed E-state index contributed by atoms with van der Waals surface area (Å²) in [7, 11) is -1.46. The van der Waals surface area contributed by atoms with Gasteiger partial charge in [0, 0.05) is 0 Å². The molecule has 0 aliphatic heterocycles. The molecule has 0 heterocycles. The first kappa shape index (κ1) is 15.4. The molecule has 3 heteroatoms. The van der Waals surface area contributed by atoms with Crippen molar-refractivity contribution in [3.05, 3.63) is 22.8 Å². The van der Waals surface area contributed by atoms with Crippen molar-refractivity contribution in [3.8, 4) is 0 Å². The molecule has 0 amide bonds. The highest BCUT2D eigenvalue weighted by atomic mass is 127. The SMILES string of the molecule is C=CC[C@H](/C=C/I)O[Si](CC)(CC)CC. The third-order valence-corrected chi connectivity index (χ3v) is 8.10. The topological polar surface area (TPSA) is 9.23 Å². The summed E-state index contributed by atoms with van der Waals surface area (Å²) in [4.78, 5) is 0. The third kappa shape index (κ3) is 5.31. The minimum absolute atomic E-state index is 0.242. The molecule has 0 N–H and O–H groups in total. The molecule has 0 bridgehead atoms. The summed E-state index contributed by atoms with van der Waals surface area (Å²) in [6, 6.07) is 3.63. The minimum atomic E-state index is -1.46. The van der Waals surface area contributed by atoms with Crippen LogP contribution >= 0.6 is 22.6 Å². The van der Waals surface area contributed by atoms with Gasteiger partial charge in [0.15, 0.2) is 8.32 Å². The number of halogens is 1. The van der Waals surface area contributed by atoms with Gasteiger partial charge in [0.05, 0.1) is 6.10 Å². The molecule has 1 atom stereocenters. The standard InChI is InChI=1S/C12H23IOSi/c1-5-9-12(10-11-13)14-15(6-2,7-3)8-4/h5,10-12H,1,6-9H2,2-4H3/b11-10+/t12-/m1/s1. The molecule has 0 spiro atoms. The fourth-order valence-electron chi connectivity index (χ4n) is 1.73. The van der Waals surface area contributed by atoms with Gasteiger partial charge in [-0.15, -0.1) is 6.58 Å². The molecule has 0 saturated heterocycles. The lowest BCUT2D eigenvalue weighted by molar-refractivity contribution is 0.236. The van der Waals surface area contributed by atoms with Crippen LogP contribution in [0.25, 0.3) is 0 Å². The van der Waals surface area contributed by atoms with Gasteiger partial charge in [0.1, 0.15) is 0 Å². The molecule has 0 unspecified atom stereocenters. The second kappa shape index (κ2) is 8.53. The van der Waals surface area contributed by atoms with E-state index >= 15 is 0 Å². The Morgan fingerprint density at radius 1 is 1.27 bits per heavy atom. The van der Waals surface area contributed by atoms with Crippen LogP contribution in [0, 0.1) is 0 Å². The van der Waals surface area contributed by atoms with Crippen molar-refractivity contribution in [2.45, 2.75) is 51.4 Å². The van der Waals surface area contributed by atoms with Crippen LogP contribution in [0.5, 0.6) is 0 Å². The molecule has 1 nitrogen and oxygen atoms in total. The Hall–Kier alpha value is 0.387. The average molecular weight is 338 g/mol. The van der Waals surface area contributed by atoms with Gasteiger partial charge >= 0.3 is 0 Å². The second-order valence-electron chi connectivity index (χ2n) is 3.74. The summed E-state index contributed by atoms with van der Waals surface area (Å²) in [5.41, 5.74) is 0. The van der Waals surface area contributed by atoms with E-state index in [9.17, 15) is 0 Å². The minimum Gasteiger partial charge on any atom is -0.410 e. The summed E-state index contributed by atoms with van der Waals surface area (Å²) in [5.74, 6) is 0. The summed E-state index contributed by atoms with van der Waals surface area (Å²) in [5, 5.41) is 0. The Kier molecular flexibility index (Phi) is 8.75. The second-order valence-corrected chi connectivity index (χ2v) is 9.19. The Morgan fingerprint density at radius 3 is 2.13 bits per heavy atom. The summed E-state index contributed by atoms with van der Waals surface area (Å²) in [6.45, 7) is 10.6. The highest BCUT2D eigenvalue weighted by Gasteiger charge is 2.30. The van der Waals surface area contributed by atoms with Crippen LogP contribution in [-0.4, -0.2) is 14.4 Å². The van der Waals surface area contributed by atoms with E-state index in [2.05, 4.69) is 56.0 Å². The van der Waals surface area contributed by atoms with E-state index in [0.717, 1.165) is 6.42 Å². The highest BCUT2D eigenvalue weighted by Crippen LogP contribution is 2.24. The fraction of sp³-hybridized carbons (Fsp3) is 0.667. The summed E-state index contributed by atoms with van der Waals surface area (Å²) >= 11 is 2.25. The molecule has 0 aliphatic rings. The van der Waals surface area contributed by atoms with E-state index in [1.807, 2.05) is 10.2 Å². The van der Waals surface area contributed by atoms with Crippen molar-refractivity contribution < 1.29 is 4.43 Å². The van der Waals surface area contributed by atoms with Gasteiger partial charge in [-0.3, -0.25) is 0 Å². The normalized spacial score (nSPS) is 14.4. The zero-order valence-corrected chi connectivity index (χ0v) is 13.3. The average Bonchev–Trinajstić information content (AvgIpc) is 2.27. The van der Waals surface area contributed by atoms with Crippen LogP contribution in [0.4, 0.5) is 0 Å². The lowest BCUT2D eigenvalue weighted by Crippen LogP contribution is -2.39. The molecule has 0 fully saturated rings. The van der Waals surface area contributed by atoms with Crippen LogP contribution in [0.3, 0.4) is 0 Å². The predicted octanol–water partition coefficient (Wildman–Crippen LogP) is 4.90. The van der Waals surface area contributed by atoms with Crippen LogP contribution in [0.2, 0.25) is 18.1 Å². The molecule has 0 aromatic rings. The Labute approximate surface area is 109 Å². The smallest absolute Gasteiger partial charge is 0.192 e. The first-order valence-electron chi connectivity index (χ1n) is 5.73. The van der Waals surface area contributed by atoms with Crippen LogP contribution < -0.4 is 0 Å². The Balaban J connectivity index is 4.51. The maximum atomic E-state index is 6.34. The highest BCUT2D eigenvalue weighted by molar-refractivity contribution is 14.1. The number of hydrogen-bond acceptors (Lipinski definition) is 1. The van der Waals surface area contributed by atoms with Crippen LogP contribution in [0.1, 0.15) is 27.2 Å². The lowest BCUT2D eigenvalue weighted by Gasteiger charge is -2.31. The third-order valence-electron chi connectivity index (χ3n) is 3.02. The maximum Gasteiger partial charge on any atom is 0.192 e. The van der Waals surface area contributed by atoms with Gasteiger partial charge in [-0.2, -0.15) is 0 Å². The van der Waals surface area contributed by atoms with Crippen molar-refractivity contribution >= 4 is 30.9 Å². The molecule has 0 aromatic carbocycles. The van der Waals surface area contributed by atoms with E-state index in [4.69, 9.17) is 4.43 Å². The van der Waals surface area contributed by atoms with Gasteiger partial charge in [-0.1, -0.05) is 55.5 Å². The molecule has 0 aromatic heterocycles. The van der Waals surface area contributed by atoms with E-state index in [1.165, 1.54) is 18.1 Å². The maximum absolute atomic E-state index is 6.34. The van der Waals surface area contributed by atoms with Crippen molar-refractivity contribution in [3.63, 3.8) is 0 Å². The monoisotopic (exact) mass is 338 g/mol. The lowest BCUT2D eigenvalue weighted by atomic mass is 10.2. The van der Waals surface area contributed by atoms with E-state index in [1.54, 1.807) is 0 Å². The number of hydrogen-bond donors (Lipinski definition) is 0. The summed E-state index contributed by atoms with van der Waals surface area (Å²) in [6.07, 6.45) is 5.26. The molecule has 0 saturated carbocycles. The Morgan fingerprint density at radius 2 is 1.80 bits per heavy atom. The van der Waals surface area contributed by atoms with Gasteiger partial charge in [-0.25, -0.2) is 0 Å². The molecule has 15 heavy (non-hydrogen) atoms. The van der Waals surface area contributed by atoms with Crippen molar-refractivity contribution in [2.24, 2.45) is 0 Å². The van der Waals surface area contributed by atoms with Crippen molar-refractivity contribution in [2.75, 3.05) is 0 Å². The largest absolute Gasteiger partial charge is 0.410 e. The quantitative estimate of drug-likeness (QED) is 0.347. The van der Waals surface area contributed by atoms with Gasteiger partial charge in [0.2, 0.25) is 0 Å². The van der Waals surface area contributed by atoms with Crippen LogP contribution in [0.15, 0.2) is 22.8 Å². The molecule has 0 aliphatic carbocycles. The molecule has 0 radical (unpaired) electrons. The van der Waals surface area contributed by atoms with Gasteiger partial charge in [-0.05, 0) is 28.6 Å². The summed E-state index contributed by atoms with van der Waals surface area (Å²) < 4.78 is 8.39. The van der Waals surface area contributed by atoms with E-state index in [0.29, 0.717) is 0 Å². The van der Waals surface area contributed by atoms with Crippen LogP contribution in [-0.2, 0) is 4.43 Å². The van der Waals surface area contributed by atoms with Crippen molar-refractivity contribution in [1.29, 1.82) is 0 Å². The zero-order chi connectivity index (χ0) is 11.7. The molecular weight excluding hydrogens is 315 g/mol. The molecule has 0 rings (SSSR count). The zero-order valence-electron chi connectivity index (χ0n) is 10.1. The molecular formula is C12H23IOSi. The van der Waals surface area contributed by atoms with E-state index in [-0.39, 0.29) is 6.10 Å².